The lowest BCUT2D eigenvalue weighted by atomic mass is 10.1. The normalized spacial score (nSPS) is 17.6. The highest BCUT2D eigenvalue weighted by molar-refractivity contribution is 7.93. The van der Waals surface area contributed by atoms with Gasteiger partial charge in [0.15, 0.2) is 0 Å². The first kappa shape index (κ1) is 20.6. The number of ether oxygens (including phenoxy) is 1. The van der Waals surface area contributed by atoms with Crippen molar-refractivity contribution in [3.63, 3.8) is 0 Å². The molecule has 3 heterocycles. The van der Waals surface area contributed by atoms with Crippen LogP contribution in [0.1, 0.15) is 41.7 Å². The number of hydrogen-bond donors (Lipinski definition) is 0. The van der Waals surface area contributed by atoms with Gasteiger partial charge in [0.1, 0.15) is 6.10 Å². The Morgan fingerprint density at radius 3 is 2.37 bits per heavy atom. The molecule has 0 unspecified atom stereocenters. The first-order valence-electron chi connectivity index (χ1n) is 10.2. The maximum atomic E-state index is 12.6. The van der Waals surface area contributed by atoms with Crippen LogP contribution in [-0.4, -0.2) is 60.7 Å². The average molecular weight is 431 g/mol. The molecule has 2 aromatic heterocycles. The Morgan fingerprint density at radius 1 is 1.07 bits per heavy atom. The Balaban J connectivity index is 1.31. The lowest BCUT2D eigenvalue weighted by Gasteiger charge is -2.32. The highest BCUT2D eigenvalue weighted by Crippen LogP contribution is 2.32. The van der Waals surface area contributed by atoms with Gasteiger partial charge in [-0.3, -0.25) is 14.1 Å². The third-order valence-electron chi connectivity index (χ3n) is 5.59. The van der Waals surface area contributed by atoms with Crippen LogP contribution in [0.3, 0.4) is 0 Å². The average Bonchev–Trinajstić information content (AvgIpc) is 3.60. The van der Waals surface area contributed by atoms with Gasteiger partial charge in [-0.2, -0.15) is 0 Å². The van der Waals surface area contributed by atoms with E-state index in [1.165, 1.54) is 10.5 Å². The van der Waals surface area contributed by atoms with Crippen LogP contribution in [0.5, 0.6) is 5.88 Å². The van der Waals surface area contributed by atoms with Gasteiger partial charge in [-0.1, -0.05) is 0 Å². The minimum Gasteiger partial charge on any atom is -0.474 e. The minimum atomic E-state index is -3.29. The molecule has 1 amide bonds. The number of hydrogen-bond acceptors (Lipinski definition) is 6. The van der Waals surface area contributed by atoms with Crippen molar-refractivity contribution in [3.8, 4) is 5.88 Å². The van der Waals surface area contributed by atoms with Crippen molar-refractivity contribution >= 4 is 21.6 Å². The molecule has 0 atom stereocenters. The molecule has 30 heavy (non-hydrogen) atoms. The molecule has 0 bridgehead atoms. The molecule has 1 aliphatic heterocycles. The van der Waals surface area contributed by atoms with Crippen LogP contribution in [0.15, 0.2) is 36.7 Å². The van der Waals surface area contributed by atoms with Gasteiger partial charge in [-0.15, -0.1) is 0 Å². The summed E-state index contributed by atoms with van der Waals surface area (Å²) >= 11 is 0. The smallest absolute Gasteiger partial charge is 0.255 e. The topological polar surface area (TPSA) is 92.7 Å². The first-order valence-corrected chi connectivity index (χ1v) is 11.7. The number of pyridine rings is 2. The van der Waals surface area contributed by atoms with Crippen molar-refractivity contribution < 1.29 is 17.9 Å². The van der Waals surface area contributed by atoms with Crippen LogP contribution in [0.25, 0.3) is 0 Å². The number of carbonyl (C=O) groups excluding carboxylic acids is 1. The van der Waals surface area contributed by atoms with Crippen LogP contribution in [0, 0.1) is 6.92 Å². The van der Waals surface area contributed by atoms with E-state index in [9.17, 15) is 13.2 Å². The number of aryl methyl sites for hydroxylation is 1. The fourth-order valence-corrected chi connectivity index (χ4v) is 5.07. The zero-order chi connectivity index (χ0) is 21.3. The van der Waals surface area contributed by atoms with Crippen molar-refractivity contribution in [1.82, 2.24) is 14.9 Å². The van der Waals surface area contributed by atoms with E-state index in [2.05, 4.69) is 9.97 Å². The van der Waals surface area contributed by atoms with E-state index in [4.69, 9.17) is 4.74 Å². The second kappa shape index (κ2) is 8.22. The molecule has 0 aromatic carbocycles. The quantitative estimate of drug-likeness (QED) is 0.699. The molecule has 2 fully saturated rings. The van der Waals surface area contributed by atoms with Crippen LogP contribution in [0.4, 0.5) is 5.69 Å². The number of carbonyl (C=O) groups is 1. The number of nitrogens with zero attached hydrogens (tertiary/aromatic N) is 4. The van der Waals surface area contributed by atoms with Crippen molar-refractivity contribution in [2.24, 2.45) is 0 Å². The summed E-state index contributed by atoms with van der Waals surface area (Å²) in [7, 11) is -1.73. The molecule has 2 aromatic rings. The number of likely N-dealkylation sites (tertiary alicyclic amines) is 1. The number of anilines is 1. The van der Waals surface area contributed by atoms with E-state index in [0.29, 0.717) is 43.1 Å². The first-order chi connectivity index (χ1) is 14.3. The van der Waals surface area contributed by atoms with Crippen molar-refractivity contribution in [3.05, 3.63) is 47.9 Å². The number of amides is 1. The van der Waals surface area contributed by atoms with Crippen LogP contribution >= 0.6 is 0 Å². The number of aromatic nitrogens is 2. The predicted molar refractivity (Wildman–Crippen MR) is 113 cm³/mol. The molecule has 0 radical (unpaired) electrons. The van der Waals surface area contributed by atoms with E-state index in [0.717, 1.165) is 18.5 Å². The number of piperidine rings is 1. The summed E-state index contributed by atoms with van der Waals surface area (Å²) in [6.07, 6.45) is 5.99. The molecule has 1 aliphatic carbocycles. The van der Waals surface area contributed by atoms with Gasteiger partial charge >= 0.3 is 0 Å². The molecule has 0 spiro atoms. The zero-order valence-electron chi connectivity index (χ0n) is 17.2. The third kappa shape index (κ3) is 4.40. The van der Waals surface area contributed by atoms with Crippen LogP contribution in [-0.2, 0) is 10.0 Å². The van der Waals surface area contributed by atoms with Gasteiger partial charge in [0.25, 0.3) is 5.91 Å². The molecule has 8 nitrogen and oxygen atoms in total. The summed E-state index contributed by atoms with van der Waals surface area (Å²) < 4.78 is 31.9. The van der Waals surface area contributed by atoms with Crippen molar-refractivity contribution in [2.45, 2.75) is 44.0 Å². The molecular weight excluding hydrogens is 404 g/mol. The van der Waals surface area contributed by atoms with Gasteiger partial charge in [0, 0.05) is 50.9 Å². The maximum absolute atomic E-state index is 12.6. The van der Waals surface area contributed by atoms with E-state index in [1.54, 1.807) is 31.4 Å². The Bertz CT molecular complexity index is 996. The van der Waals surface area contributed by atoms with Crippen LogP contribution in [0.2, 0.25) is 0 Å². The van der Waals surface area contributed by atoms with E-state index in [1.807, 2.05) is 17.9 Å². The van der Waals surface area contributed by atoms with Gasteiger partial charge < -0.3 is 9.64 Å². The summed E-state index contributed by atoms with van der Waals surface area (Å²) in [6, 6.07) is 7.06. The molecule has 160 valence electrons. The summed E-state index contributed by atoms with van der Waals surface area (Å²) in [5.74, 6) is 0.451. The lowest BCUT2D eigenvalue weighted by Crippen LogP contribution is -2.41. The Hall–Kier alpha value is -2.68. The van der Waals surface area contributed by atoms with Gasteiger partial charge in [-0.05, 0) is 38.0 Å². The SMILES string of the molecule is Cc1ccc(C(=O)N2CCC(Oc3ccc(N(C)S(=O)(=O)C4CC4)cn3)CC2)cn1. The van der Waals surface area contributed by atoms with Gasteiger partial charge in [0.05, 0.1) is 22.7 Å². The highest BCUT2D eigenvalue weighted by Gasteiger charge is 2.39. The largest absolute Gasteiger partial charge is 0.474 e. The summed E-state index contributed by atoms with van der Waals surface area (Å²) in [5.41, 5.74) is 2.01. The molecule has 4 rings (SSSR count). The fraction of sp³-hybridized carbons (Fsp3) is 0.476. The zero-order valence-corrected chi connectivity index (χ0v) is 18.0. The maximum Gasteiger partial charge on any atom is 0.255 e. The number of sulfonamides is 1. The van der Waals surface area contributed by atoms with E-state index < -0.39 is 10.0 Å². The fourth-order valence-electron chi connectivity index (χ4n) is 3.49. The monoisotopic (exact) mass is 430 g/mol. The number of rotatable bonds is 6. The van der Waals surface area contributed by atoms with E-state index >= 15 is 0 Å². The standard InChI is InChI=1S/C21H26N4O4S/c1-15-3-4-16(13-22-15)21(26)25-11-9-18(10-12-25)29-20-8-5-17(14-23-20)24(2)30(27,28)19-6-7-19/h3-5,8,13-14,18-19H,6-7,9-12H2,1-2H3. The molecule has 1 saturated carbocycles. The lowest BCUT2D eigenvalue weighted by molar-refractivity contribution is 0.0587. The van der Waals surface area contributed by atoms with Gasteiger partial charge in [-0.25, -0.2) is 13.4 Å². The Morgan fingerprint density at radius 2 is 1.80 bits per heavy atom. The third-order valence-corrected chi connectivity index (χ3v) is 7.87. The van der Waals surface area contributed by atoms with Crippen LogP contribution < -0.4 is 9.04 Å². The molecule has 1 saturated heterocycles. The second-order valence-electron chi connectivity index (χ2n) is 7.86. The summed E-state index contributed by atoms with van der Waals surface area (Å²) in [4.78, 5) is 22.9. The highest BCUT2D eigenvalue weighted by atomic mass is 32.2. The molecule has 0 N–H and O–H groups in total. The summed E-state index contributed by atoms with van der Waals surface area (Å²) in [6.45, 7) is 3.11. The molecular formula is C21H26N4O4S. The Labute approximate surface area is 176 Å². The minimum absolute atomic E-state index is 0.0108. The van der Waals surface area contributed by atoms with Crippen molar-refractivity contribution in [2.75, 3.05) is 24.4 Å². The second-order valence-corrected chi connectivity index (χ2v) is 10.1. The Kier molecular flexibility index (Phi) is 5.64. The van der Waals surface area contributed by atoms with Crippen molar-refractivity contribution in [1.29, 1.82) is 0 Å². The van der Waals surface area contributed by atoms with Gasteiger partial charge in [0.2, 0.25) is 15.9 Å². The predicted octanol–water partition coefficient (Wildman–Crippen LogP) is 2.40. The molecule has 9 heteroatoms. The summed E-state index contributed by atoms with van der Waals surface area (Å²) in [5, 5.41) is -0.262. The van der Waals surface area contributed by atoms with E-state index in [-0.39, 0.29) is 17.3 Å². The molecule has 2 aliphatic rings.